The summed E-state index contributed by atoms with van der Waals surface area (Å²) in [6, 6.07) is 0. The first-order chi connectivity index (χ1) is 8.53. The highest BCUT2D eigenvalue weighted by molar-refractivity contribution is 5.95. The van der Waals surface area contributed by atoms with E-state index < -0.39 is 11.9 Å². The molecule has 0 unspecified atom stereocenters. The predicted molar refractivity (Wildman–Crippen MR) is 66.0 cm³/mol. The standard InChI is InChI=1S/C14H20O4/c1-10(13(16)17)9-12(15)18-14(7-8-14)11-5-3-2-4-6-11/h9,11H,2-8H2,1H3,(H,16,17)/b10-9+. The zero-order chi connectivity index (χ0) is 13.2. The van der Waals surface area contributed by atoms with Crippen molar-refractivity contribution in [3.05, 3.63) is 11.6 Å². The summed E-state index contributed by atoms with van der Waals surface area (Å²) in [5.41, 5.74) is -0.244. The summed E-state index contributed by atoms with van der Waals surface area (Å²) in [6.45, 7) is 1.41. The Morgan fingerprint density at radius 2 is 1.83 bits per heavy atom. The number of hydrogen-bond donors (Lipinski definition) is 1. The number of carboxylic acid groups (broad SMARTS) is 1. The SMILES string of the molecule is C/C(=C\C(=O)OC1(C2CCCCC2)CC1)C(=O)O. The van der Waals surface area contributed by atoms with Crippen molar-refractivity contribution in [3.63, 3.8) is 0 Å². The predicted octanol–water partition coefficient (Wildman–Crippen LogP) is 2.67. The summed E-state index contributed by atoms with van der Waals surface area (Å²) in [4.78, 5) is 22.3. The Kier molecular flexibility index (Phi) is 3.73. The van der Waals surface area contributed by atoms with Crippen LogP contribution in [0, 0.1) is 5.92 Å². The third kappa shape index (κ3) is 2.92. The maximum absolute atomic E-state index is 11.7. The number of carbonyl (C=O) groups excluding carboxylic acids is 1. The van der Waals surface area contributed by atoms with E-state index in [1.54, 1.807) is 0 Å². The van der Waals surface area contributed by atoms with E-state index in [0.29, 0.717) is 5.92 Å². The molecule has 2 saturated carbocycles. The van der Waals surface area contributed by atoms with Crippen molar-refractivity contribution in [2.75, 3.05) is 0 Å². The number of rotatable bonds is 4. The number of esters is 1. The van der Waals surface area contributed by atoms with Crippen molar-refractivity contribution in [3.8, 4) is 0 Å². The van der Waals surface area contributed by atoms with Gasteiger partial charge < -0.3 is 9.84 Å². The van der Waals surface area contributed by atoms with Gasteiger partial charge in [-0.25, -0.2) is 9.59 Å². The first-order valence-corrected chi connectivity index (χ1v) is 6.68. The molecule has 2 aliphatic rings. The number of carbonyl (C=O) groups is 2. The highest BCUT2D eigenvalue weighted by Crippen LogP contribution is 2.51. The summed E-state index contributed by atoms with van der Waals surface area (Å²) >= 11 is 0. The van der Waals surface area contributed by atoms with Crippen LogP contribution in [0.5, 0.6) is 0 Å². The molecule has 2 aliphatic carbocycles. The van der Waals surface area contributed by atoms with Crippen LogP contribution in [0.4, 0.5) is 0 Å². The van der Waals surface area contributed by atoms with E-state index in [9.17, 15) is 9.59 Å². The largest absolute Gasteiger partial charge is 0.478 e. The van der Waals surface area contributed by atoms with Crippen LogP contribution in [-0.4, -0.2) is 22.6 Å². The molecule has 0 saturated heterocycles. The van der Waals surface area contributed by atoms with E-state index in [1.165, 1.54) is 26.2 Å². The molecule has 0 spiro atoms. The average Bonchev–Trinajstić information content (AvgIpc) is 3.11. The first-order valence-electron chi connectivity index (χ1n) is 6.68. The molecule has 1 N–H and O–H groups in total. The molecule has 0 aromatic rings. The third-order valence-corrected chi connectivity index (χ3v) is 4.07. The van der Waals surface area contributed by atoms with E-state index in [-0.39, 0.29) is 11.2 Å². The number of aliphatic carboxylic acids is 1. The summed E-state index contributed by atoms with van der Waals surface area (Å²) in [6.07, 6.45) is 8.93. The van der Waals surface area contributed by atoms with Crippen LogP contribution in [0.1, 0.15) is 51.9 Å². The maximum Gasteiger partial charge on any atom is 0.331 e. The molecule has 4 heteroatoms. The maximum atomic E-state index is 11.7. The van der Waals surface area contributed by atoms with Crippen molar-refractivity contribution in [1.29, 1.82) is 0 Å². The minimum absolute atomic E-state index is 0.0273. The van der Waals surface area contributed by atoms with Crippen molar-refractivity contribution >= 4 is 11.9 Å². The van der Waals surface area contributed by atoms with Gasteiger partial charge in [0.15, 0.2) is 0 Å². The molecule has 0 aromatic carbocycles. The lowest BCUT2D eigenvalue weighted by atomic mass is 9.83. The Balaban J connectivity index is 1.94. The highest BCUT2D eigenvalue weighted by atomic mass is 16.6. The Labute approximate surface area is 107 Å². The molecule has 0 aliphatic heterocycles. The van der Waals surface area contributed by atoms with Crippen molar-refractivity contribution in [2.24, 2.45) is 5.92 Å². The molecular weight excluding hydrogens is 232 g/mol. The van der Waals surface area contributed by atoms with Gasteiger partial charge >= 0.3 is 11.9 Å². The van der Waals surface area contributed by atoms with Gasteiger partial charge in [-0.15, -0.1) is 0 Å². The second-order valence-electron chi connectivity index (χ2n) is 5.45. The lowest BCUT2D eigenvalue weighted by Gasteiger charge is -2.29. The van der Waals surface area contributed by atoms with Crippen LogP contribution in [0.15, 0.2) is 11.6 Å². The molecule has 0 bridgehead atoms. The molecule has 4 nitrogen and oxygen atoms in total. The minimum atomic E-state index is -1.07. The topological polar surface area (TPSA) is 63.6 Å². The number of carboxylic acids is 1. The van der Waals surface area contributed by atoms with Gasteiger partial charge in [-0.3, -0.25) is 0 Å². The fraction of sp³-hybridized carbons (Fsp3) is 0.714. The molecule has 0 atom stereocenters. The Hall–Kier alpha value is -1.32. The lowest BCUT2D eigenvalue weighted by molar-refractivity contribution is -0.149. The Morgan fingerprint density at radius 3 is 2.33 bits per heavy atom. The smallest absolute Gasteiger partial charge is 0.331 e. The molecule has 100 valence electrons. The van der Waals surface area contributed by atoms with Crippen LogP contribution >= 0.6 is 0 Å². The zero-order valence-electron chi connectivity index (χ0n) is 10.8. The van der Waals surface area contributed by atoms with E-state index in [1.807, 2.05) is 0 Å². The Bertz CT molecular complexity index is 373. The second kappa shape index (κ2) is 5.12. The van der Waals surface area contributed by atoms with Gasteiger partial charge in [-0.1, -0.05) is 19.3 Å². The van der Waals surface area contributed by atoms with Crippen LogP contribution in [0.3, 0.4) is 0 Å². The molecule has 2 rings (SSSR count). The third-order valence-electron chi connectivity index (χ3n) is 4.07. The zero-order valence-corrected chi connectivity index (χ0v) is 10.8. The van der Waals surface area contributed by atoms with Gasteiger partial charge in [0.05, 0.1) is 0 Å². The molecule has 0 amide bonds. The van der Waals surface area contributed by atoms with Gasteiger partial charge in [0.25, 0.3) is 0 Å². The van der Waals surface area contributed by atoms with Gasteiger partial charge in [0, 0.05) is 11.6 Å². The van der Waals surface area contributed by atoms with Gasteiger partial charge in [-0.2, -0.15) is 0 Å². The highest BCUT2D eigenvalue weighted by Gasteiger charge is 2.52. The molecular formula is C14H20O4. The van der Waals surface area contributed by atoms with Gasteiger partial charge in [0.1, 0.15) is 5.60 Å². The summed E-state index contributed by atoms with van der Waals surface area (Å²) in [7, 11) is 0. The molecule has 0 heterocycles. The summed E-state index contributed by atoms with van der Waals surface area (Å²) in [5, 5.41) is 8.72. The van der Waals surface area contributed by atoms with Gasteiger partial charge in [-0.05, 0) is 38.5 Å². The molecule has 0 aromatic heterocycles. The van der Waals surface area contributed by atoms with Gasteiger partial charge in [0.2, 0.25) is 0 Å². The fourth-order valence-corrected chi connectivity index (χ4v) is 2.81. The normalized spacial score (nSPS) is 23.5. The average molecular weight is 252 g/mol. The van der Waals surface area contributed by atoms with E-state index in [0.717, 1.165) is 31.8 Å². The Morgan fingerprint density at radius 1 is 1.22 bits per heavy atom. The van der Waals surface area contributed by atoms with E-state index >= 15 is 0 Å². The molecule has 2 fully saturated rings. The second-order valence-corrected chi connectivity index (χ2v) is 5.45. The summed E-state index contributed by atoms with van der Waals surface area (Å²) in [5.74, 6) is -1.10. The summed E-state index contributed by atoms with van der Waals surface area (Å²) < 4.78 is 5.53. The lowest BCUT2D eigenvalue weighted by Crippen LogP contribution is -2.30. The van der Waals surface area contributed by atoms with Crippen LogP contribution < -0.4 is 0 Å². The molecule has 18 heavy (non-hydrogen) atoms. The van der Waals surface area contributed by atoms with Crippen LogP contribution in [-0.2, 0) is 14.3 Å². The molecule has 0 radical (unpaired) electrons. The number of ether oxygens (including phenoxy) is 1. The van der Waals surface area contributed by atoms with Crippen LogP contribution in [0.25, 0.3) is 0 Å². The van der Waals surface area contributed by atoms with E-state index in [2.05, 4.69) is 0 Å². The van der Waals surface area contributed by atoms with Crippen molar-refractivity contribution in [1.82, 2.24) is 0 Å². The monoisotopic (exact) mass is 252 g/mol. The van der Waals surface area contributed by atoms with Crippen LogP contribution in [0.2, 0.25) is 0 Å². The quantitative estimate of drug-likeness (QED) is 0.617. The van der Waals surface area contributed by atoms with Crippen molar-refractivity contribution in [2.45, 2.75) is 57.5 Å². The van der Waals surface area contributed by atoms with E-state index in [4.69, 9.17) is 9.84 Å². The minimum Gasteiger partial charge on any atom is -0.478 e. The van der Waals surface area contributed by atoms with Crippen molar-refractivity contribution < 1.29 is 19.4 Å². The number of hydrogen-bond acceptors (Lipinski definition) is 3. The fourth-order valence-electron chi connectivity index (χ4n) is 2.81. The first kappa shape index (κ1) is 13.1.